The molecule has 86 valence electrons. The van der Waals surface area contributed by atoms with Crippen LogP contribution in [0.4, 0.5) is 0 Å². The van der Waals surface area contributed by atoms with Crippen LogP contribution in [0.15, 0.2) is 30.3 Å². The standard InChI is InChI=1S/C14H19NO/c1-3-7-12(8-4-1)14-11-13-9-5-2-6-10-15(13)16-14/h1,3-4,7-8,13-14H,2,5-6,9-11H2/t13-,14+/m1/s1. The number of benzene rings is 1. The molecule has 0 N–H and O–H groups in total. The van der Waals surface area contributed by atoms with Crippen molar-refractivity contribution in [3.63, 3.8) is 0 Å². The van der Waals surface area contributed by atoms with Gasteiger partial charge in [-0.25, -0.2) is 0 Å². The third-order valence-corrected chi connectivity index (χ3v) is 3.74. The van der Waals surface area contributed by atoms with Crippen molar-refractivity contribution in [2.45, 2.75) is 44.2 Å². The zero-order valence-electron chi connectivity index (χ0n) is 9.64. The molecule has 2 aliphatic rings. The SMILES string of the molecule is c1ccc([C@@H]2C[C@H]3CCCCCN3O2)cc1. The Morgan fingerprint density at radius 2 is 1.94 bits per heavy atom. The molecular formula is C14H19NO. The fourth-order valence-corrected chi connectivity index (χ4v) is 2.84. The topological polar surface area (TPSA) is 12.5 Å². The molecule has 0 radical (unpaired) electrons. The quantitative estimate of drug-likeness (QED) is 0.715. The smallest absolute Gasteiger partial charge is 0.106 e. The van der Waals surface area contributed by atoms with Gasteiger partial charge < -0.3 is 0 Å². The normalized spacial score (nSPS) is 31.0. The van der Waals surface area contributed by atoms with Gasteiger partial charge in [-0.1, -0.05) is 43.2 Å². The van der Waals surface area contributed by atoms with Crippen LogP contribution < -0.4 is 0 Å². The molecule has 1 aromatic carbocycles. The highest BCUT2D eigenvalue weighted by Crippen LogP contribution is 2.36. The van der Waals surface area contributed by atoms with E-state index in [2.05, 4.69) is 35.4 Å². The van der Waals surface area contributed by atoms with Crippen LogP contribution in [0, 0.1) is 0 Å². The van der Waals surface area contributed by atoms with Gasteiger partial charge in [0.25, 0.3) is 0 Å². The largest absolute Gasteiger partial charge is 0.291 e. The first-order chi connectivity index (χ1) is 7.93. The van der Waals surface area contributed by atoms with E-state index in [1.165, 1.54) is 37.7 Å². The Morgan fingerprint density at radius 1 is 1.06 bits per heavy atom. The van der Waals surface area contributed by atoms with Crippen LogP contribution >= 0.6 is 0 Å². The minimum absolute atomic E-state index is 0.296. The van der Waals surface area contributed by atoms with E-state index in [-0.39, 0.29) is 0 Å². The molecule has 1 aromatic rings. The Labute approximate surface area is 97.2 Å². The summed E-state index contributed by atoms with van der Waals surface area (Å²) < 4.78 is 0. The highest BCUT2D eigenvalue weighted by molar-refractivity contribution is 5.18. The molecule has 2 heterocycles. The average Bonchev–Trinajstić information content (AvgIpc) is 2.62. The van der Waals surface area contributed by atoms with Gasteiger partial charge in [-0.3, -0.25) is 4.84 Å². The van der Waals surface area contributed by atoms with Crippen LogP contribution in [0.25, 0.3) is 0 Å². The molecule has 0 unspecified atom stereocenters. The molecule has 2 saturated heterocycles. The van der Waals surface area contributed by atoms with Crippen LogP contribution in [0.1, 0.15) is 43.8 Å². The minimum Gasteiger partial charge on any atom is -0.291 e. The van der Waals surface area contributed by atoms with E-state index >= 15 is 0 Å². The molecule has 2 aliphatic heterocycles. The fraction of sp³-hybridized carbons (Fsp3) is 0.571. The Bertz CT molecular complexity index is 324. The third kappa shape index (κ3) is 2.00. The first-order valence-electron chi connectivity index (χ1n) is 6.42. The summed E-state index contributed by atoms with van der Waals surface area (Å²) in [6.07, 6.45) is 6.80. The molecule has 2 fully saturated rings. The number of hydrogen-bond donors (Lipinski definition) is 0. The number of hydrogen-bond acceptors (Lipinski definition) is 2. The maximum Gasteiger partial charge on any atom is 0.106 e. The van der Waals surface area contributed by atoms with Gasteiger partial charge in [0.05, 0.1) is 0 Å². The van der Waals surface area contributed by atoms with E-state index in [0.717, 1.165) is 6.54 Å². The third-order valence-electron chi connectivity index (χ3n) is 3.74. The van der Waals surface area contributed by atoms with Crippen molar-refractivity contribution >= 4 is 0 Å². The second-order valence-corrected chi connectivity index (χ2v) is 4.88. The summed E-state index contributed by atoms with van der Waals surface area (Å²) in [5, 5.41) is 2.24. The maximum atomic E-state index is 6.06. The summed E-state index contributed by atoms with van der Waals surface area (Å²) in [5.74, 6) is 0. The summed E-state index contributed by atoms with van der Waals surface area (Å²) in [5.41, 5.74) is 1.33. The van der Waals surface area contributed by atoms with Gasteiger partial charge in [-0.05, 0) is 24.8 Å². The molecule has 0 aromatic heterocycles. The molecule has 0 aliphatic carbocycles. The molecule has 2 nitrogen and oxygen atoms in total. The number of nitrogens with zero attached hydrogens (tertiary/aromatic N) is 1. The number of fused-ring (bicyclic) bond motifs is 1. The summed E-state index contributed by atoms with van der Waals surface area (Å²) in [6, 6.07) is 11.3. The van der Waals surface area contributed by atoms with Gasteiger partial charge in [0, 0.05) is 12.6 Å². The molecule has 2 atom stereocenters. The van der Waals surface area contributed by atoms with E-state index in [1.807, 2.05) is 0 Å². The van der Waals surface area contributed by atoms with Crippen LogP contribution in [0.3, 0.4) is 0 Å². The Morgan fingerprint density at radius 3 is 2.81 bits per heavy atom. The Hall–Kier alpha value is -0.860. The zero-order chi connectivity index (χ0) is 10.8. The summed E-state index contributed by atoms with van der Waals surface area (Å²) in [4.78, 5) is 6.06. The molecule has 0 spiro atoms. The number of hydroxylamine groups is 2. The second-order valence-electron chi connectivity index (χ2n) is 4.88. The van der Waals surface area contributed by atoms with Crippen LogP contribution in [0.5, 0.6) is 0 Å². The molecule has 3 rings (SSSR count). The predicted molar refractivity (Wildman–Crippen MR) is 63.8 cm³/mol. The molecule has 0 amide bonds. The van der Waals surface area contributed by atoms with Gasteiger partial charge in [-0.2, -0.15) is 5.06 Å². The van der Waals surface area contributed by atoms with Gasteiger partial charge in [0.2, 0.25) is 0 Å². The van der Waals surface area contributed by atoms with Gasteiger partial charge in [0.1, 0.15) is 6.10 Å². The lowest BCUT2D eigenvalue weighted by molar-refractivity contribution is -0.162. The second kappa shape index (κ2) is 4.56. The van der Waals surface area contributed by atoms with Crippen molar-refractivity contribution in [2.75, 3.05) is 6.54 Å². The van der Waals surface area contributed by atoms with Crippen molar-refractivity contribution in [1.29, 1.82) is 0 Å². The monoisotopic (exact) mass is 217 g/mol. The van der Waals surface area contributed by atoms with E-state index in [1.54, 1.807) is 0 Å². The minimum atomic E-state index is 0.296. The Balaban J connectivity index is 1.73. The van der Waals surface area contributed by atoms with E-state index in [0.29, 0.717) is 12.1 Å². The maximum absolute atomic E-state index is 6.06. The van der Waals surface area contributed by atoms with Crippen molar-refractivity contribution < 1.29 is 4.84 Å². The van der Waals surface area contributed by atoms with Gasteiger partial charge in [0.15, 0.2) is 0 Å². The summed E-state index contributed by atoms with van der Waals surface area (Å²) in [6.45, 7) is 1.12. The highest BCUT2D eigenvalue weighted by Gasteiger charge is 2.34. The van der Waals surface area contributed by atoms with E-state index in [4.69, 9.17) is 4.84 Å². The highest BCUT2D eigenvalue weighted by atomic mass is 16.7. The average molecular weight is 217 g/mol. The van der Waals surface area contributed by atoms with E-state index < -0.39 is 0 Å². The first kappa shape index (κ1) is 10.3. The van der Waals surface area contributed by atoms with E-state index in [9.17, 15) is 0 Å². The van der Waals surface area contributed by atoms with Gasteiger partial charge in [-0.15, -0.1) is 0 Å². The van der Waals surface area contributed by atoms with Crippen LogP contribution in [-0.4, -0.2) is 17.6 Å². The van der Waals surface area contributed by atoms with Crippen molar-refractivity contribution in [3.05, 3.63) is 35.9 Å². The predicted octanol–water partition coefficient (Wildman–Crippen LogP) is 3.31. The van der Waals surface area contributed by atoms with Crippen LogP contribution in [-0.2, 0) is 4.84 Å². The lowest BCUT2D eigenvalue weighted by Crippen LogP contribution is -2.27. The molecule has 0 saturated carbocycles. The number of rotatable bonds is 1. The zero-order valence-corrected chi connectivity index (χ0v) is 9.64. The fourth-order valence-electron chi connectivity index (χ4n) is 2.84. The molecule has 0 bridgehead atoms. The molecular weight excluding hydrogens is 198 g/mol. The van der Waals surface area contributed by atoms with Crippen molar-refractivity contribution in [2.24, 2.45) is 0 Å². The molecule has 2 heteroatoms. The summed E-state index contributed by atoms with van der Waals surface area (Å²) in [7, 11) is 0. The van der Waals surface area contributed by atoms with Crippen molar-refractivity contribution in [1.82, 2.24) is 5.06 Å². The lowest BCUT2D eigenvalue weighted by atomic mass is 10.0. The lowest BCUT2D eigenvalue weighted by Gasteiger charge is -2.19. The van der Waals surface area contributed by atoms with Crippen molar-refractivity contribution in [3.8, 4) is 0 Å². The first-order valence-corrected chi connectivity index (χ1v) is 6.42. The van der Waals surface area contributed by atoms with Gasteiger partial charge >= 0.3 is 0 Å². The molecule has 16 heavy (non-hydrogen) atoms. The van der Waals surface area contributed by atoms with Crippen LogP contribution in [0.2, 0.25) is 0 Å². The summed E-state index contributed by atoms with van der Waals surface area (Å²) >= 11 is 0. The Kier molecular flexibility index (Phi) is 2.94.